The summed E-state index contributed by atoms with van der Waals surface area (Å²) in [7, 11) is 3.89. The molecule has 0 aliphatic carbocycles. The highest BCUT2D eigenvalue weighted by Crippen LogP contribution is 2.43. The summed E-state index contributed by atoms with van der Waals surface area (Å²) in [5, 5.41) is 11.3. The van der Waals surface area contributed by atoms with Gasteiger partial charge in [-0.05, 0) is 66.9 Å². The second-order valence-corrected chi connectivity index (χ2v) is 8.81. The summed E-state index contributed by atoms with van der Waals surface area (Å²) >= 11 is 0. The first-order valence-electron chi connectivity index (χ1n) is 11.7. The third-order valence-corrected chi connectivity index (χ3v) is 6.15. The van der Waals surface area contributed by atoms with Crippen molar-refractivity contribution in [2.45, 2.75) is 26.3 Å². The van der Waals surface area contributed by atoms with Crippen molar-refractivity contribution in [3.63, 3.8) is 0 Å². The van der Waals surface area contributed by atoms with Gasteiger partial charge in [0.1, 0.15) is 11.5 Å². The molecule has 0 radical (unpaired) electrons. The van der Waals surface area contributed by atoms with Crippen LogP contribution in [0.2, 0.25) is 0 Å². The van der Waals surface area contributed by atoms with Crippen molar-refractivity contribution < 1.29 is 19.4 Å². The predicted molar refractivity (Wildman–Crippen MR) is 139 cm³/mol. The second-order valence-electron chi connectivity index (χ2n) is 8.81. The van der Waals surface area contributed by atoms with Crippen LogP contribution in [0.1, 0.15) is 36.1 Å². The minimum absolute atomic E-state index is 0.0677. The normalized spacial score (nSPS) is 17.0. The number of ketones is 1. The zero-order chi connectivity index (χ0) is 25.1. The number of carbonyl (C=O) groups excluding carboxylic acids is 2. The van der Waals surface area contributed by atoms with E-state index in [2.05, 4.69) is 0 Å². The Morgan fingerprint density at radius 2 is 1.63 bits per heavy atom. The van der Waals surface area contributed by atoms with E-state index < -0.39 is 17.7 Å². The molecule has 0 bridgehead atoms. The minimum atomic E-state index is -0.761. The number of amides is 1. The summed E-state index contributed by atoms with van der Waals surface area (Å²) < 4.78 is 5.63. The van der Waals surface area contributed by atoms with Crippen molar-refractivity contribution >= 4 is 28.8 Å². The maximum absolute atomic E-state index is 13.3. The van der Waals surface area contributed by atoms with Crippen LogP contribution in [-0.2, 0) is 9.59 Å². The third kappa shape index (κ3) is 4.64. The molecule has 35 heavy (non-hydrogen) atoms. The lowest BCUT2D eigenvalue weighted by Gasteiger charge is -2.27. The van der Waals surface area contributed by atoms with Gasteiger partial charge in [-0.25, -0.2) is 0 Å². The highest BCUT2D eigenvalue weighted by Gasteiger charge is 2.47. The van der Waals surface area contributed by atoms with Crippen LogP contribution in [0.4, 0.5) is 11.4 Å². The van der Waals surface area contributed by atoms with E-state index in [1.54, 1.807) is 24.3 Å². The van der Waals surface area contributed by atoms with E-state index in [4.69, 9.17) is 4.74 Å². The molecule has 4 rings (SSSR count). The van der Waals surface area contributed by atoms with Gasteiger partial charge in [0.25, 0.3) is 11.7 Å². The highest BCUT2D eigenvalue weighted by molar-refractivity contribution is 6.51. The van der Waals surface area contributed by atoms with E-state index in [-0.39, 0.29) is 11.3 Å². The highest BCUT2D eigenvalue weighted by atomic mass is 16.5. The molecule has 1 unspecified atom stereocenters. The first-order valence-corrected chi connectivity index (χ1v) is 11.7. The molecule has 3 aromatic rings. The Labute approximate surface area is 206 Å². The number of para-hydroxylation sites is 1. The summed E-state index contributed by atoms with van der Waals surface area (Å²) in [5.41, 5.74) is 3.75. The summed E-state index contributed by atoms with van der Waals surface area (Å²) in [6.45, 7) is 4.52. The maximum atomic E-state index is 13.3. The molecule has 1 fully saturated rings. The van der Waals surface area contributed by atoms with Crippen molar-refractivity contribution in [1.82, 2.24) is 0 Å². The quantitative estimate of drug-likeness (QED) is 0.281. The predicted octanol–water partition coefficient (Wildman–Crippen LogP) is 5.48. The van der Waals surface area contributed by atoms with E-state index in [0.717, 1.165) is 23.2 Å². The lowest BCUT2D eigenvalue weighted by molar-refractivity contribution is -0.132. The van der Waals surface area contributed by atoms with Gasteiger partial charge < -0.3 is 14.7 Å². The van der Waals surface area contributed by atoms with Crippen LogP contribution in [0.15, 0.2) is 78.4 Å². The van der Waals surface area contributed by atoms with E-state index in [0.29, 0.717) is 23.6 Å². The molecule has 0 saturated carbocycles. The Bertz CT molecular complexity index is 1260. The number of nitrogens with zero attached hydrogens (tertiary/aromatic N) is 2. The van der Waals surface area contributed by atoms with Gasteiger partial charge in [0, 0.05) is 31.0 Å². The van der Waals surface area contributed by atoms with Crippen molar-refractivity contribution in [1.29, 1.82) is 0 Å². The standard InChI is InChI=1S/C29H30N2O4/c1-5-18-35-23-16-12-21(13-17-23)27(32)25-26(20-10-14-22(15-11-20)30(3)4)31(29(34)28(25)33)24-9-7-6-8-19(24)2/h6-17,26,32H,5,18H2,1-4H3/b27-25-. The SMILES string of the molecule is CCCOc1ccc(/C(O)=C2/C(=O)C(=O)N(c3ccccc3C)C2c2ccc(N(C)C)cc2)cc1. The summed E-state index contributed by atoms with van der Waals surface area (Å²) in [6, 6.07) is 21.3. The average molecular weight is 471 g/mol. The molecule has 6 nitrogen and oxygen atoms in total. The molecule has 1 N–H and O–H groups in total. The Hall–Kier alpha value is -4.06. The monoisotopic (exact) mass is 470 g/mol. The molecule has 3 aromatic carbocycles. The molecule has 1 heterocycles. The van der Waals surface area contributed by atoms with Gasteiger partial charge in [-0.1, -0.05) is 37.3 Å². The van der Waals surface area contributed by atoms with Gasteiger partial charge in [-0.3, -0.25) is 14.5 Å². The van der Waals surface area contributed by atoms with E-state index in [1.165, 1.54) is 4.90 Å². The van der Waals surface area contributed by atoms with E-state index in [1.807, 2.05) is 81.4 Å². The van der Waals surface area contributed by atoms with Crippen LogP contribution in [-0.4, -0.2) is 37.5 Å². The third-order valence-electron chi connectivity index (χ3n) is 6.15. The number of hydrogen-bond donors (Lipinski definition) is 1. The topological polar surface area (TPSA) is 70.1 Å². The first-order chi connectivity index (χ1) is 16.8. The molecule has 1 aliphatic rings. The average Bonchev–Trinajstić information content (AvgIpc) is 3.13. The maximum Gasteiger partial charge on any atom is 0.300 e. The molecule has 1 atom stereocenters. The van der Waals surface area contributed by atoms with E-state index >= 15 is 0 Å². The largest absolute Gasteiger partial charge is 0.507 e. The molecule has 1 amide bonds. The molecular weight excluding hydrogens is 440 g/mol. The molecule has 0 spiro atoms. The number of carbonyl (C=O) groups is 2. The number of anilines is 2. The number of hydrogen-bond acceptors (Lipinski definition) is 5. The fourth-order valence-corrected chi connectivity index (χ4v) is 4.27. The molecule has 1 saturated heterocycles. The Kier molecular flexibility index (Phi) is 6.92. The van der Waals surface area contributed by atoms with Crippen LogP contribution < -0.4 is 14.5 Å². The number of Topliss-reactive ketones (excluding diaryl/α,β-unsaturated/α-hetero) is 1. The fourth-order valence-electron chi connectivity index (χ4n) is 4.27. The van der Waals surface area contributed by atoms with Crippen LogP contribution in [0.3, 0.4) is 0 Å². The molecule has 0 aromatic heterocycles. The molecule has 1 aliphatic heterocycles. The number of ether oxygens (including phenoxy) is 1. The molecule has 6 heteroatoms. The van der Waals surface area contributed by atoms with E-state index in [9.17, 15) is 14.7 Å². The van der Waals surface area contributed by atoms with Gasteiger partial charge in [0.2, 0.25) is 0 Å². The number of rotatable bonds is 7. The van der Waals surface area contributed by atoms with Crippen molar-refractivity contribution in [3.8, 4) is 5.75 Å². The van der Waals surface area contributed by atoms with Gasteiger partial charge in [-0.15, -0.1) is 0 Å². The minimum Gasteiger partial charge on any atom is -0.507 e. The smallest absolute Gasteiger partial charge is 0.300 e. The Morgan fingerprint density at radius 3 is 2.23 bits per heavy atom. The number of aliphatic hydroxyl groups excluding tert-OH is 1. The number of aliphatic hydroxyl groups is 1. The van der Waals surface area contributed by atoms with Crippen molar-refractivity contribution in [2.75, 3.05) is 30.5 Å². The summed E-state index contributed by atoms with van der Waals surface area (Å²) in [6.07, 6.45) is 0.886. The zero-order valence-corrected chi connectivity index (χ0v) is 20.5. The van der Waals surface area contributed by atoms with Crippen LogP contribution >= 0.6 is 0 Å². The van der Waals surface area contributed by atoms with Crippen molar-refractivity contribution in [2.24, 2.45) is 0 Å². The van der Waals surface area contributed by atoms with Gasteiger partial charge >= 0.3 is 0 Å². The molecular formula is C29H30N2O4. The summed E-state index contributed by atoms with van der Waals surface area (Å²) in [5.74, 6) is -0.896. The van der Waals surface area contributed by atoms with Gasteiger partial charge in [0.05, 0.1) is 18.2 Å². The first kappa shape index (κ1) is 24.1. The van der Waals surface area contributed by atoms with Crippen LogP contribution in [0.5, 0.6) is 5.75 Å². The van der Waals surface area contributed by atoms with Crippen molar-refractivity contribution in [3.05, 3.63) is 95.1 Å². The van der Waals surface area contributed by atoms with Gasteiger partial charge in [0.15, 0.2) is 0 Å². The zero-order valence-electron chi connectivity index (χ0n) is 20.5. The van der Waals surface area contributed by atoms with Crippen LogP contribution in [0.25, 0.3) is 5.76 Å². The van der Waals surface area contributed by atoms with Crippen LogP contribution in [0, 0.1) is 6.92 Å². The lowest BCUT2D eigenvalue weighted by Crippen LogP contribution is -2.30. The fraction of sp³-hybridized carbons (Fsp3) is 0.241. The second kappa shape index (κ2) is 10.1. The number of aryl methyl sites for hydroxylation is 1. The molecule has 180 valence electrons. The summed E-state index contributed by atoms with van der Waals surface area (Å²) in [4.78, 5) is 30.1. The number of benzene rings is 3. The Morgan fingerprint density at radius 1 is 0.971 bits per heavy atom. The lowest BCUT2D eigenvalue weighted by atomic mass is 9.94. The van der Waals surface area contributed by atoms with Gasteiger partial charge in [-0.2, -0.15) is 0 Å². The Balaban J connectivity index is 1.86.